The lowest BCUT2D eigenvalue weighted by Crippen LogP contribution is -2.43. The van der Waals surface area contributed by atoms with Crippen molar-refractivity contribution in [3.63, 3.8) is 0 Å². The smallest absolute Gasteiger partial charge is 0.253 e. The third kappa shape index (κ3) is 4.55. The molecule has 2 aliphatic heterocycles. The highest BCUT2D eigenvalue weighted by atomic mass is 19.1. The van der Waals surface area contributed by atoms with Crippen molar-refractivity contribution >= 4 is 11.8 Å². The minimum atomic E-state index is -0.539. The van der Waals surface area contributed by atoms with Crippen LogP contribution in [0.1, 0.15) is 45.5 Å². The monoisotopic (exact) mass is 397 g/mol. The molecule has 4 rings (SSSR count). The maximum atomic E-state index is 13.2. The predicted molar refractivity (Wildman–Crippen MR) is 105 cm³/mol. The molecule has 29 heavy (non-hydrogen) atoms. The minimum absolute atomic E-state index is 0.0173. The van der Waals surface area contributed by atoms with E-state index < -0.39 is 5.82 Å². The number of fused-ring (bicyclic) bond motifs is 1. The van der Waals surface area contributed by atoms with Gasteiger partial charge < -0.3 is 15.0 Å². The summed E-state index contributed by atoms with van der Waals surface area (Å²) < 4.78 is 18.9. The van der Waals surface area contributed by atoms with E-state index in [9.17, 15) is 14.0 Å². The molecule has 0 saturated carbocycles. The third-order valence-corrected chi connectivity index (χ3v) is 5.48. The number of carbonyl (C=O) groups excluding carboxylic acids is 2. The highest BCUT2D eigenvalue weighted by molar-refractivity contribution is 5.95. The van der Waals surface area contributed by atoms with E-state index in [0.717, 1.165) is 49.8 Å². The number of nitrogens with one attached hydrogen (secondary N) is 1. The number of pyridine rings is 1. The molecule has 1 unspecified atom stereocenters. The Kier molecular flexibility index (Phi) is 5.74. The fourth-order valence-corrected chi connectivity index (χ4v) is 3.97. The highest BCUT2D eigenvalue weighted by Gasteiger charge is 2.26. The van der Waals surface area contributed by atoms with Gasteiger partial charge in [0.25, 0.3) is 11.8 Å². The molecule has 1 saturated heterocycles. The van der Waals surface area contributed by atoms with Crippen LogP contribution in [0.4, 0.5) is 4.39 Å². The zero-order valence-electron chi connectivity index (χ0n) is 16.2. The molecule has 0 radical (unpaired) electrons. The van der Waals surface area contributed by atoms with Gasteiger partial charge in [-0.15, -0.1) is 0 Å². The second-order valence-corrected chi connectivity index (χ2v) is 7.64. The van der Waals surface area contributed by atoms with E-state index in [1.165, 1.54) is 12.3 Å². The molecule has 1 aromatic carbocycles. The molecule has 7 heteroatoms. The van der Waals surface area contributed by atoms with Gasteiger partial charge in [-0.1, -0.05) is 0 Å². The van der Waals surface area contributed by atoms with E-state index in [4.69, 9.17) is 4.74 Å². The number of likely N-dealkylation sites (tertiary alicyclic amines) is 1. The number of amides is 2. The third-order valence-electron chi connectivity index (χ3n) is 5.48. The van der Waals surface area contributed by atoms with Gasteiger partial charge in [-0.3, -0.25) is 14.6 Å². The lowest BCUT2D eigenvalue weighted by Gasteiger charge is -2.33. The van der Waals surface area contributed by atoms with Gasteiger partial charge in [0.15, 0.2) is 0 Å². The van der Waals surface area contributed by atoms with E-state index >= 15 is 0 Å². The van der Waals surface area contributed by atoms with Crippen molar-refractivity contribution in [3.8, 4) is 5.75 Å². The van der Waals surface area contributed by atoms with E-state index in [1.807, 2.05) is 23.1 Å². The fourth-order valence-electron chi connectivity index (χ4n) is 3.97. The summed E-state index contributed by atoms with van der Waals surface area (Å²) in [6, 6.07) is 6.82. The Labute approximate surface area is 169 Å². The molecule has 1 N–H and O–H groups in total. The summed E-state index contributed by atoms with van der Waals surface area (Å²) in [6.07, 6.45) is 6.13. The van der Waals surface area contributed by atoms with Gasteiger partial charge >= 0.3 is 0 Å². The Balaban J connectivity index is 1.35. The van der Waals surface area contributed by atoms with Gasteiger partial charge in [0.1, 0.15) is 11.6 Å². The first-order valence-electron chi connectivity index (χ1n) is 10.0. The molecule has 6 nitrogen and oxygen atoms in total. The molecule has 1 aromatic heterocycles. The van der Waals surface area contributed by atoms with Crippen LogP contribution in [-0.4, -0.2) is 47.9 Å². The van der Waals surface area contributed by atoms with Crippen LogP contribution in [-0.2, 0) is 6.42 Å². The van der Waals surface area contributed by atoms with Gasteiger partial charge in [-0.25, -0.2) is 4.39 Å². The molecular formula is C22H24FN3O3. The molecule has 0 spiro atoms. The number of piperidine rings is 1. The molecule has 3 heterocycles. The first-order valence-corrected chi connectivity index (χ1v) is 10.0. The molecule has 0 bridgehead atoms. The number of nitrogens with zero attached hydrogens (tertiary/aromatic N) is 2. The summed E-state index contributed by atoms with van der Waals surface area (Å²) in [5, 5.41) is 2.84. The number of hydrogen-bond acceptors (Lipinski definition) is 4. The van der Waals surface area contributed by atoms with Crippen LogP contribution in [0.25, 0.3) is 0 Å². The Morgan fingerprint density at radius 1 is 1.21 bits per heavy atom. The van der Waals surface area contributed by atoms with E-state index in [1.54, 1.807) is 0 Å². The van der Waals surface area contributed by atoms with Crippen molar-refractivity contribution in [1.29, 1.82) is 0 Å². The van der Waals surface area contributed by atoms with Gasteiger partial charge in [0.2, 0.25) is 0 Å². The number of benzene rings is 1. The Morgan fingerprint density at radius 2 is 2.10 bits per heavy atom. The van der Waals surface area contributed by atoms with E-state index in [-0.39, 0.29) is 23.3 Å². The number of rotatable bonds is 4. The van der Waals surface area contributed by atoms with Crippen molar-refractivity contribution in [2.24, 2.45) is 5.92 Å². The van der Waals surface area contributed by atoms with Gasteiger partial charge in [-0.05, 0) is 61.4 Å². The highest BCUT2D eigenvalue weighted by Crippen LogP contribution is 2.27. The first kappa shape index (κ1) is 19.4. The summed E-state index contributed by atoms with van der Waals surface area (Å²) in [5.41, 5.74) is 1.97. The van der Waals surface area contributed by atoms with Gasteiger partial charge in [0.05, 0.1) is 18.4 Å². The zero-order valence-corrected chi connectivity index (χ0v) is 16.2. The van der Waals surface area contributed by atoms with Crippen LogP contribution < -0.4 is 10.1 Å². The number of carbonyl (C=O) groups is 2. The largest absolute Gasteiger partial charge is 0.493 e. The second kappa shape index (κ2) is 8.59. The van der Waals surface area contributed by atoms with Crippen LogP contribution in [0.3, 0.4) is 0 Å². The van der Waals surface area contributed by atoms with Crippen LogP contribution in [0, 0.1) is 11.7 Å². The van der Waals surface area contributed by atoms with Crippen molar-refractivity contribution in [3.05, 3.63) is 59.2 Å². The zero-order chi connectivity index (χ0) is 20.2. The summed E-state index contributed by atoms with van der Waals surface area (Å²) >= 11 is 0. The standard InChI is InChI=1S/C22H24FN3O3/c23-19-10-18(12-24-13-19)21(27)25-11-15-3-1-7-26(14-15)22(28)17-5-6-20-16(9-17)4-2-8-29-20/h5-6,9-10,12-13,15H,1-4,7-8,11,14H2,(H,25,27). The Bertz CT molecular complexity index is 918. The lowest BCUT2D eigenvalue weighted by molar-refractivity contribution is 0.0670. The summed E-state index contributed by atoms with van der Waals surface area (Å²) in [4.78, 5) is 30.7. The second-order valence-electron chi connectivity index (χ2n) is 7.64. The molecule has 1 fully saturated rings. The molecular weight excluding hydrogens is 373 g/mol. The maximum absolute atomic E-state index is 13.2. The average molecular weight is 397 g/mol. The van der Waals surface area contributed by atoms with Crippen LogP contribution in [0.5, 0.6) is 5.75 Å². The topological polar surface area (TPSA) is 71.5 Å². The number of aryl methyl sites for hydroxylation is 1. The first-order chi connectivity index (χ1) is 14.1. The number of aromatic nitrogens is 1. The van der Waals surface area contributed by atoms with Crippen molar-refractivity contribution < 1.29 is 18.7 Å². The minimum Gasteiger partial charge on any atom is -0.493 e. The molecule has 2 amide bonds. The Hall–Kier alpha value is -2.96. The summed E-state index contributed by atoms with van der Waals surface area (Å²) in [7, 11) is 0. The molecule has 0 aliphatic carbocycles. The summed E-state index contributed by atoms with van der Waals surface area (Å²) in [6.45, 7) is 2.47. The van der Waals surface area contributed by atoms with Crippen molar-refractivity contribution in [2.45, 2.75) is 25.7 Å². The van der Waals surface area contributed by atoms with Gasteiger partial charge in [-0.2, -0.15) is 0 Å². The lowest BCUT2D eigenvalue weighted by atomic mass is 9.96. The van der Waals surface area contributed by atoms with Gasteiger partial charge in [0, 0.05) is 31.4 Å². The van der Waals surface area contributed by atoms with E-state index in [2.05, 4.69) is 10.3 Å². The van der Waals surface area contributed by atoms with Crippen LogP contribution in [0.15, 0.2) is 36.7 Å². The molecule has 2 aliphatic rings. The van der Waals surface area contributed by atoms with Crippen molar-refractivity contribution in [2.75, 3.05) is 26.2 Å². The molecule has 2 aromatic rings. The average Bonchev–Trinajstić information content (AvgIpc) is 2.77. The fraction of sp³-hybridized carbons (Fsp3) is 0.409. The normalized spacial score (nSPS) is 18.5. The maximum Gasteiger partial charge on any atom is 0.253 e. The number of hydrogen-bond donors (Lipinski definition) is 1. The van der Waals surface area contributed by atoms with Crippen LogP contribution >= 0.6 is 0 Å². The molecule has 152 valence electrons. The molecule has 1 atom stereocenters. The predicted octanol–water partition coefficient (Wildman–Crippen LogP) is 2.83. The van der Waals surface area contributed by atoms with Crippen LogP contribution in [0.2, 0.25) is 0 Å². The summed E-state index contributed by atoms with van der Waals surface area (Å²) in [5.74, 6) is 0.166. The SMILES string of the molecule is O=C(NCC1CCCN(C(=O)c2ccc3c(c2)CCCO3)C1)c1cncc(F)c1. The number of halogens is 1. The number of ether oxygens (including phenoxy) is 1. The van der Waals surface area contributed by atoms with Crippen molar-refractivity contribution in [1.82, 2.24) is 15.2 Å². The quantitative estimate of drug-likeness (QED) is 0.861. The Morgan fingerprint density at radius 3 is 2.97 bits per heavy atom. The van der Waals surface area contributed by atoms with E-state index in [0.29, 0.717) is 25.2 Å².